The number of nitrogens with zero attached hydrogens (tertiary/aromatic N) is 2. The normalized spacial score (nSPS) is 15.5. The molecule has 0 bridgehead atoms. The Morgan fingerprint density at radius 3 is 2.15 bits per heavy atom. The van der Waals surface area contributed by atoms with Crippen LogP contribution in [0.2, 0.25) is 5.02 Å². The Hall–Kier alpha value is -4.37. The van der Waals surface area contributed by atoms with Crippen LogP contribution in [0.5, 0.6) is 0 Å². The number of halogens is 1. The number of H-pyrrole nitrogens is 1. The zero-order valence-corrected chi connectivity index (χ0v) is 23.9. The smallest absolute Gasteiger partial charge is 0.260 e. The van der Waals surface area contributed by atoms with Crippen molar-refractivity contribution < 1.29 is 8.42 Å². The van der Waals surface area contributed by atoms with Crippen molar-refractivity contribution >= 4 is 43.9 Å². The summed E-state index contributed by atoms with van der Waals surface area (Å²) in [6.07, 6.45) is 1.79. The molecule has 0 aliphatic carbocycles. The zero-order chi connectivity index (χ0) is 28.7. The monoisotopic (exact) mass is 582 g/mol. The van der Waals surface area contributed by atoms with Gasteiger partial charge in [-0.05, 0) is 59.7 Å². The number of benzene rings is 4. The predicted octanol–water partition coefficient (Wildman–Crippen LogP) is 6.21. The van der Waals surface area contributed by atoms with Gasteiger partial charge < -0.3 is 15.3 Å². The van der Waals surface area contributed by atoms with Gasteiger partial charge in [-0.3, -0.25) is 4.79 Å². The maximum absolute atomic E-state index is 14.0. The van der Waals surface area contributed by atoms with E-state index < -0.39 is 16.1 Å². The first-order chi connectivity index (χ1) is 19.7. The summed E-state index contributed by atoms with van der Waals surface area (Å²) in [5, 5.41) is 1.27. The van der Waals surface area contributed by atoms with Gasteiger partial charge in [-0.15, -0.1) is 4.41 Å². The van der Waals surface area contributed by atoms with Crippen LogP contribution in [0.1, 0.15) is 17.2 Å². The maximum atomic E-state index is 14.0. The minimum atomic E-state index is -4.02. The minimum Gasteiger partial charge on any atom is -0.378 e. The van der Waals surface area contributed by atoms with Crippen LogP contribution in [0.25, 0.3) is 27.7 Å². The number of pyridine rings is 1. The van der Waals surface area contributed by atoms with Gasteiger partial charge in [0.1, 0.15) is 0 Å². The lowest BCUT2D eigenvalue weighted by Crippen LogP contribution is -2.40. The first kappa shape index (κ1) is 26.8. The summed E-state index contributed by atoms with van der Waals surface area (Å²) in [7, 11) is -0.128. The third kappa shape index (κ3) is 4.91. The molecule has 0 fully saturated rings. The minimum absolute atomic E-state index is 0.138. The van der Waals surface area contributed by atoms with Gasteiger partial charge in [0.15, 0.2) is 0 Å². The number of anilines is 1. The molecule has 0 saturated carbocycles. The molecule has 4 aromatic carbocycles. The van der Waals surface area contributed by atoms with Gasteiger partial charge in [0.2, 0.25) is 0 Å². The summed E-state index contributed by atoms with van der Waals surface area (Å²) in [4.78, 5) is 18.8. The predicted molar refractivity (Wildman–Crippen MR) is 165 cm³/mol. The Bertz CT molecular complexity index is 1940. The summed E-state index contributed by atoms with van der Waals surface area (Å²) in [5.74, 6) is 0. The van der Waals surface area contributed by atoms with Gasteiger partial charge in [-0.25, -0.2) is 8.42 Å². The van der Waals surface area contributed by atoms with E-state index in [0.717, 1.165) is 22.2 Å². The van der Waals surface area contributed by atoms with Crippen molar-refractivity contribution in [1.82, 2.24) is 14.8 Å². The molecule has 2 N–H and O–H groups in total. The number of hydrogen-bond acceptors (Lipinski definition) is 5. The highest BCUT2D eigenvalue weighted by Crippen LogP contribution is 2.39. The Kier molecular flexibility index (Phi) is 6.91. The standard InChI is InChI=1S/C32H27ClN4O3S/c1-36(2)24-16-13-21(14-17-24)29-20-28(35-37(29)41(39,40)25-11-7-4-8-12-25)31-30(22-9-5-3-6-10-22)26-19-23(33)15-18-27(26)34-32(31)38/h3-20,29,35H,1-2H3,(H,34,38)/t29-/m0/s1. The van der Waals surface area contributed by atoms with E-state index in [1.54, 1.807) is 48.5 Å². The molecular weight excluding hydrogens is 556 g/mol. The van der Waals surface area contributed by atoms with Crippen LogP contribution < -0.4 is 15.9 Å². The first-order valence-electron chi connectivity index (χ1n) is 13.0. The number of nitrogens with one attached hydrogen (secondary N) is 2. The number of hydrazine groups is 1. The molecule has 0 radical (unpaired) electrons. The maximum Gasteiger partial charge on any atom is 0.260 e. The number of rotatable bonds is 6. The second-order valence-corrected chi connectivity index (χ2v) is 12.2. The van der Waals surface area contributed by atoms with Crippen molar-refractivity contribution in [3.05, 3.63) is 136 Å². The van der Waals surface area contributed by atoms with Gasteiger partial charge in [-0.2, -0.15) is 0 Å². The lowest BCUT2D eigenvalue weighted by molar-refractivity contribution is 0.348. The third-order valence-corrected chi connectivity index (χ3v) is 9.11. The molecule has 1 aromatic heterocycles. The highest BCUT2D eigenvalue weighted by molar-refractivity contribution is 7.89. The molecule has 9 heteroatoms. The van der Waals surface area contributed by atoms with E-state index in [4.69, 9.17) is 11.6 Å². The Morgan fingerprint density at radius 1 is 0.829 bits per heavy atom. The fourth-order valence-corrected chi connectivity index (χ4v) is 6.73. The molecule has 41 heavy (non-hydrogen) atoms. The van der Waals surface area contributed by atoms with Gasteiger partial charge >= 0.3 is 0 Å². The van der Waals surface area contributed by atoms with E-state index >= 15 is 0 Å². The lowest BCUT2D eigenvalue weighted by atomic mass is 9.94. The van der Waals surface area contributed by atoms with Crippen LogP contribution in [-0.2, 0) is 10.0 Å². The topological polar surface area (TPSA) is 85.5 Å². The lowest BCUT2D eigenvalue weighted by Gasteiger charge is -2.25. The molecule has 206 valence electrons. The molecule has 2 heterocycles. The first-order valence-corrected chi connectivity index (χ1v) is 14.8. The number of aromatic nitrogens is 1. The molecular formula is C32H27ClN4O3S. The molecule has 1 aliphatic rings. The Balaban J connectivity index is 1.58. The second kappa shape index (κ2) is 10.6. The molecule has 0 spiro atoms. The highest BCUT2D eigenvalue weighted by Gasteiger charge is 2.38. The summed E-state index contributed by atoms with van der Waals surface area (Å²) >= 11 is 6.41. The van der Waals surface area contributed by atoms with Gasteiger partial charge in [0.05, 0.1) is 22.2 Å². The molecule has 0 unspecified atom stereocenters. The summed E-state index contributed by atoms with van der Waals surface area (Å²) in [6.45, 7) is 0. The molecule has 1 aliphatic heterocycles. The third-order valence-electron chi connectivity index (χ3n) is 7.17. The van der Waals surface area contributed by atoms with Crippen molar-refractivity contribution in [2.24, 2.45) is 0 Å². The van der Waals surface area contributed by atoms with Crippen LogP contribution in [-0.4, -0.2) is 31.9 Å². The average molecular weight is 583 g/mol. The van der Waals surface area contributed by atoms with Crippen LogP contribution in [0.3, 0.4) is 0 Å². The van der Waals surface area contributed by atoms with E-state index in [2.05, 4.69) is 10.4 Å². The molecule has 6 rings (SSSR count). The number of aromatic amines is 1. The van der Waals surface area contributed by atoms with Crippen LogP contribution in [0.15, 0.2) is 119 Å². The van der Waals surface area contributed by atoms with Gasteiger partial charge in [0, 0.05) is 41.3 Å². The van der Waals surface area contributed by atoms with E-state index in [1.165, 1.54) is 4.41 Å². The Labute approximate surface area is 243 Å². The fourth-order valence-electron chi connectivity index (χ4n) is 5.13. The zero-order valence-electron chi connectivity index (χ0n) is 22.4. The van der Waals surface area contributed by atoms with Crippen molar-refractivity contribution in [1.29, 1.82) is 0 Å². The van der Waals surface area contributed by atoms with Crippen molar-refractivity contribution in [3.8, 4) is 11.1 Å². The number of hydrogen-bond donors (Lipinski definition) is 2. The molecule has 0 amide bonds. The number of fused-ring (bicyclic) bond motifs is 1. The van der Waals surface area contributed by atoms with Crippen molar-refractivity contribution in [2.75, 3.05) is 19.0 Å². The SMILES string of the molecule is CN(C)c1ccc([C@@H]2C=C(c3c(-c4ccccc4)c4cc(Cl)ccc4[nH]c3=O)NN2S(=O)(=O)c2ccccc2)cc1. The van der Waals surface area contributed by atoms with Crippen molar-refractivity contribution in [2.45, 2.75) is 10.9 Å². The van der Waals surface area contributed by atoms with Crippen LogP contribution in [0, 0.1) is 0 Å². The summed E-state index contributed by atoms with van der Waals surface area (Å²) in [5.41, 5.74) is 7.29. The van der Waals surface area contributed by atoms with E-state index in [9.17, 15) is 13.2 Å². The molecule has 7 nitrogen and oxygen atoms in total. The van der Waals surface area contributed by atoms with E-state index in [0.29, 0.717) is 27.4 Å². The summed E-state index contributed by atoms with van der Waals surface area (Å²) < 4.78 is 29.2. The second-order valence-electron chi connectivity index (χ2n) is 10.00. The van der Waals surface area contributed by atoms with Crippen LogP contribution in [0.4, 0.5) is 5.69 Å². The Morgan fingerprint density at radius 2 is 1.49 bits per heavy atom. The van der Waals surface area contributed by atoms with E-state index in [1.807, 2.05) is 79.7 Å². The van der Waals surface area contributed by atoms with Crippen molar-refractivity contribution in [3.63, 3.8) is 0 Å². The average Bonchev–Trinajstić information content (AvgIpc) is 3.44. The fraction of sp³-hybridized carbons (Fsp3) is 0.0938. The van der Waals surface area contributed by atoms with Gasteiger partial charge in [-0.1, -0.05) is 72.3 Å². The largest absolute Gasteiger partial charge is 0.378 e. The van der Waals surface area contributed by atoms with E-state index in [-0.39, 0.29) is 10.5 Å². The number of sulfonamides is 1. The highest BCUT2D eigenvalue weighted by atomic mass is 35.5. The van der Waals surface area contributed by atoms with Gasteiger partial charge in [0.25, 0.3) is 15.6 Å². The quantitative estimate of drug-likeness (QED) is 0.249. The van der Waals surface area contributed by atoms with Crippen LogP contribution >= 0.6 is 11.6 Å². The summed E-state index contributed by atoms with van der Waals surface area (Å²) in [6, 6.07) is 30.1. The molecule has 5 aromatic rings. The molecule has 1 atom stereocenters. The molecule has 0 saturated heterocycles.